The van der Waals surface area contributed by atoms with E-state index in [4.69, 9.17) is 11.6 Å². The molecule has 0 N–H and O–H groups in total. The maximum Gasteiger partial charge on any atom is 0.412 e. The highest BCUT2D eigenvalue weighted by Crippen LogP contribution is 2.34. The van der Waals surface area contributed by atoms with Crippen molar-refractivity contribution in [3.8, 4) is 0 Å². The van der Waals surface area contributed by atoms with E-state index in [-0.39, 0.29) is 16.3 Å². The van der Waals surface area contributed by atoms with E-state index in [0.717, 1.165) is 0 Å². The highest BCUT2D eigenvalue weighted by atomic mass is 79.9. The number of aliphatic imine (C=N–C) groups is 1. The van der Waals surface area contributed by atoms with E-state index in [1.165, 1.54) is 17.2 Å². The molecule has 2 unspecified atom stereocenters. The van der Waals surface area contributed by atoms with Gasteiger partial charge >= 0.3 is 6.18 Å². The van der Waals surface area contributed by atoms with Crippen LogP contribution in [0.1, 0.15) is 0 Å². The highest BCUT2D eigenvalue weighted by molar-refractivity contribution is 9.09. The van der Waals surface area contributed by atoms with Crippen molar-refractivity contribution in [2.24, 2.45) is 10.1 Å². The van der Waals surface area contributed by atoms with Crippen LogP contribution in [-0.4, -0.2) is 39.6 Å². The molecule has 0 amide bonds. The molecule has 2 atom stereocenters. The molecule has 2 aliphatic rings. The lowest BCUT2D eigenvalue weighted by Crippen LogP contribution is -2.44. The number of rotatable bonds is 1. The summed E-state index contributed by atoms with van der Waals surface area (Å²) in [6.45, 7) is 0. The Bertz CT molecular complexity index is 390. The first-order valence-electron chi connectivity index (χ1n) is 4.35. The van der Waals surface area contributed by atoms with Gasteiger partial charge in [0.1, 0.15) is 11.0 Å². The van der Waals surface area contributed by atoms with Crippen LogP contribution in [0.5, 0.6) is 0 Å². The number of amidine groups is 1. The van der Waals surface area contributed by atoms with Gasteiger partial charge in [-0.2, -0.15) is 18.3 Å². The van der Waals surface area contributed by atoms with Gasteiger partial charge in [0.15, 0.2) is 6.04 Å². The minimum Gasteiger partial charge on any atom is -0.252 e. The van der Waals surface area contributed by atoms with Crippen LogP contribution < -0.4 is 0 Å². The summed E-state index contributed by atoms with van der Waals surface area (Å²) in [5.74, 6) is 0.191. The first kappa shape index (κ1) is 11.9. The molecule has 8 heteroatoms. The molecular formula is C8H6BrClF3N3. The first-order chi connectivity index (χ1) is 7.43. The van der Waals surface area contributed by atoms with Crippen molar-refractivity contribution < 1.29 is 13.2 Å². The predicted octanol–water partition coefficient (Wildman–Crippen LogP) is 2.52. The van der Waals surface area contributed by atoms with Crippen molar-refractivity contribution >= 4 is 38.5 Å². The Labute approximate surface area is 103 Å². The third-order valence-electron chi connectivity index (χ3n) is 2.25. The van der Waals surface area contributed by atoms with Crippen molar-refractivity contribution in [2.75, 3.05) is 5.33 Å². The zero-order valence-electron chi connectivity index (χ0n) is 7.75. The number of hydrazone groups is 1. The van der Waals surface area contributed by atoms with Gasteiger partial charge in [0, 0.05) is 5.33 Å². The summed E-state index contributed by atoms with van der Waals surface area (Å²) in [6, 6.07) is -2.65. The Hall–Kier alpha value is -0.560. The minimum absolute atomic E-state index is 0.117. The van der Waals surface area contributed by atoms with Gasteiger partial charge in [-0.15, -0.1) is 0 Å². The molecule has 2 aliphatic heterocycles. The van der Waals surface area contributed by atoms with E-state index in [1.807, 2.05) is 0 Å². The number of hydrogen-bond donors (Lipinski definition) is 0. The molecule has 16 heavy (non-hydrogen) atoms. The third kappa shape index (κ3) is 1.98. The van der Waals surface area contributed by atoms with Crippen molar-refractivity contribution in [1.82, 2.24) is 5.01 Å². The number of fused-ring (bicyclic) bond motifs is 1. The Morgan fingerprint density at radius 2 is 2.12 bits per heavy atom. The Kier molecular flexibility index (Phi) is 3.00. The third-order valence-corrected chi connectivity index (χ3v) is 3.12. The molecule has 0 aromatic rings. The van der Waals surface area contributed by atoms with E-state index >= 15 is 0 Å². The number of allylic oxidation sites excluding steroid dienone is 1. The first-order valence-corrected chi connectivity index (χ1v) is 5.85. The molecule has 88 valence electrons. The maximum atomic E-state index is 12.7. The summed E-state index contributed by atoms with van der Waals surface area (Å²) in [7, 11) is 0. The fourth-order valence-electron chi connectivity index (χ4n) is 1.56. The summed E-state index contributed by atoms with van der Waals surface area (Å²) in [4.78, 5) is 3.60. The largest absolute Gasteiger partial charge is 0.412 e. The highest BCUT2D eigenvalue weighted by Gasteiger charge is 2.51. The van der Waals surface area contributed by atoms with E-state index in [2.05, 4.69) is 26.0 Å². The lowest BCUT2D eigenvalue weighted by atomic mass is 10.1. The van der Waals surface area contributed by atoms with Crippen LogP contribution in [0.2, 0.25) is 0 Å². The van der Waals surface area contributed by atoms with E-state index in [1.54, 1.807) is 0 Å². The SMILES string of the molecule is FC(F)(F)C1N=C2C=CC(Cl)=NN2C1CBr. The molecular weight excluding hydrogens is 310 g/mol. The summed E-state index contributed by atoms with van der Waals surface area (Å²) in [5.41, 5.74) is 0. The molecule has 0 radical (unpaired) electrons. The second kappa shape index (κ2) is 4.03. The predicted molar refractivity (Wildman–Crippen MR) is 59.1 cm³/mol. The molecule has 0 aromatic heterocycles. The van der Waals surface area contributed by atoms with Gasteiger partial charge in [0.05, 0.1) is 6.04 Å². The quantitative estimate of drug-likeness (QED) is 0.683. The molecule has 0 fully saturated rings. The fourth-order valence-corrected chi connectivity index (χ4v) is 2.33. The topological polar surface area (TPSA) is 28.0 Å². The number of alkyl halides is 4. The number of nitrogens with zero attached hydrogens (tertiary/aromatic N) is 3. The monoisotopic (exact) mass is 315 g/mol. The zero-order valence-corrected chi connectivity index (χ0v) is 10.1. The van der Waals surface area contributed by atoms with Gasteiger partial charge in [0.2, 0.25) is 0 Å². The van der Waals surface area contributed by atoms with Gasteiger partial charge < -0.3 is 0 Å². The molecule has 0 spiro atoms. The number of halogens is 5. The van der Waals surface area contributed by atoms with Crippen LogP contribution in [0.25, 0.3) is 0 Å². The molecule has 0 aliphatic carbocycles. The Balaban J connectivity index is 2.34. The summed E-state index contributed by atoms with van der Waals surface area (Å²) < 4.78 is 38.0. The lowest BCUT2D eigenvalue weighted by molar-refractivity contribution is -0.152. The van der Waals surface area contributed by atoms with Crippen molar-refractivity contribution in [3.05, 3.63) is 12.2 Å². The second-order valence-electron chi connectivity index (χ2n) is 3.30. The molecule has 0 saturated heterocycles. The van der Waals surface area contributed by atoms with Crippen LogP contribution in [0.15, 0.2) is 22.2 Å². The van der Waals surface area contributed by atoms with Crippen molar-refractivity contribution in [2.45, 2.75) is 18.3 Å². The average Bonchev–Trinajstić information content (AvgIpc) is 2.54. The maximum absolute atomic E-state index is 12.7. The Morgan fingerprint density at radius 1 is 1.44 bits per heavy atom. The van der Waals surface area contributed by atoms with Gasteiger partial charge in [-0.25, -0.2) is 5.01 Å². The lowest BCUT2D eigenvalue weighted by Gasteiger charge is -2.25. The van der Waals surface area contributed by atoms with Crippen LogP contribution in [0.4, 0.5) is 13.2 Å². The molecule has 2 rings (SSSR count). The summed E-state index contributed by atoms with van der Waals surface area (Å²) in [5, 5.41) is 5.29. The number of hydrogen-bond acceptors (Lipinski definition) is 3. The molecule has 3 nitrogen and oxygen atoms in total. The van der Waals surface area contributed by atoms with Crippen LogP contribution in [0, 0.1) is 0 Å². The zero-order chi connectivity index (χ0) is 11.9. The van der Waals surface area contributed by atoms with Gasteiger partial charge in [-0.05, 0) is 12.2 Å². The standard InChI is InChI=1S/C8H6BrClF3N3/c9-3-4-7(8(11,12)13)14-6-2-1-5(10)15-16(4)6/h1-2,4,7H,3H2. The van der Waals surface area contributed by atoms with Gasteiger partial charge in [0.25, 0.3) is 0 Å². The van der Waals surface area contributed by atoms with Crippen LogP contribution in [-0.2, 0) is 0 Å². The second-order valence-corrected chi connectivity index (χ2v) is 4.33. The van der Waals surface area contributed by atoms with Gasteiger partial charge in [-0.3, -0.25) is 4.99 Å². The van der Waals surface area contributed by atoms with Gasteiger partial charge in [-0.1, -0.05) is 27.5 Å². The van der Waals surface area contributed by atoms with Crippen molar-refractivity contribution in [3.63, 3.8) is 0 Å². The van der Waals surface area contributed by atoms with Crippen molar-refractivity contribution in [1.29, 1.82) is 0 Å². The van der Waals surface area contributed by atoms with E-state index < -0.39 is 18.3 Å². The van der Waals surface area contributed by atoms with E-state index in [0.29, 0.717) is 0 Å². The molecule has 0 aromatic carbocycles. The molecule has 0 saturated carbocycles. The molecule has 2 heterocycles. The average molecular weight is 317 g/mol. The summed E-state index contributed by atoms with van der Waals surface area (Å²) in [6.07, 6.45) is -1.53. The normalized spacial score (nSPS) is 28.9. The van der Waals surface area contributed by atoms with E-state index in [9.17, 15) is 13.2 Å². The summed E-state index contributed by atoms with van der Waals surface area (Å²) >= 11 is 8.68. The minimum atomic E-state index is -4.38. The smallest absolute Gasteiger partial charge is 0.252 e. The fraction of sp³-hybridized carbons (Fsp3) is 0.500. The van der Waals surface area contributed by atoms with Crippen LogP contribution >= 0.6 is 27.5 Å². The Morgan fingerprint density at radius 3 is 2.69 bits per heavy atom. The molecule has 0 bridgehead atoms. The van der Waals surface area contributed by atoms with Crippen LogP contribution in [0.3, 0.4) is 0 Å².